The lowest BCUT2D eigenvalue weighted by Gasteiger charge is -2.40. The molecule has 3 heterocycles. The SMILES string of the molecule is CCCN1C2=NC3C(C(=O)N(Cc4cccc(Cl)c4)C(=O)N3C)N2C(C)=C1C. The molecular weight excluding hydrogens is 378 g/mol. The Morgan fingerprint density at radius 2 is 1.89 bits per heavy atom. The summed E-state index contributed by atoms with van der Waals surface area (Å²) in [7, 11) is 1.71. The molecule has 2 atom stereocenters. The summed E-state index contributed by atoms with van der Waals surface area (Å²) in [4.78, 5) is 38.1. The van der Waals surface area contributed by atoms with Gasteiger partial charge in [0.15, 0.2) is 12.2 Å². The van der Waals surface area contributed by atoms with Gasteiger partial charge in [-0.25, -0.2) is 9.79 Å². The van der Waals surface area contributed by atoms with Crippen LogP contribution in [0.1, 0.15) is 32.8 Å². The van der Waals surface area contributed by atoms with Gasteiger partial charge in [-0.15, -0.1) is 0 Å². The number of urea groups is 1. The zero-order valence-corrected chi connectivity index (χ0v) is 17.3. The average molecular weight is 402 g/mol. The molecule has 0 aliphatic carbocycles. The molecule has 1 saturated heterocycles. The van der Waals surface area contributed by atoms with Crippen LogP contribution in [0.3, 0.4) is 0 Å². The Morgan fingerprint density at radius 3 is 2.57 bits per heavy atom. The molecule has 3 aliphatic heterocycles. The minimum absolute atomic E-state index is 0.190. The maximum atomic E-state index is 13.4. The van der Waals surface area contributed by atoms with Gasteiger partial charge >= 0.3 is 6.03 Å². The van der Waals surface area contributed by atoms with Crippen LogP contribution in [0.4, 0.5) is 4.79 Å². The number of rotatable bonds is 4. The van der Waals surface area contributed by atoms with Crippen molar-refractivity contribution in [2.24, 2.45) is 4.99 Å². The van der Waals surface area contributed by atoms with Gasteiger partial charge < -0.3 is 9.80 Å². The van der Waals surface area contributed by atoms with E-state index >= 15 is 0 Å². The average Bonchev–Trinajstić information content (AvgIpc) is 3.16. The number of hydrogen-bond acceptors (Lipinski definition) is 5. The molecule has 148 valence electrons. The smallest absolute Gasteiger partial charge is 0.315 e. The van der Waals surface area contributed by atoms with Gasteiger partial charge in [-0.1, -0.05) is 30.7 Å². The fourth-order valence-electron chi connectivity index (χ4n) is 4.14. The zero-order chi connectivity index (χ0) is 20.2. The summed E-state index contributed by atoms with van der Waals surface area (Å²) in [5.74, 6) is 0.543. The van der Waals surface area contributed by atoms with Crippen LogP contribution in [-0.4, -0.2) is 63.3 Å². The quantitative estimate of drug-likeness (QED) is 0.777. The zero-order valence-electron chi connectivity index (χ0n) is 16.5. The highest BCUT2D eigenvalue weighted by molar-refractivity contribution is 6.30. The molecule has 4 rings (SSSR count). The van der Waals surface area contributed by atoms with Crippen molar-refractivity contribution in [3.63, 3.8) is 0 Å². The van der Waals surface area contributed by atoms with E-state index in [0.717, 1.165) is 35.9 Å². The molecule has 0 radical (unpaired) electrons. The van der Waals surface area contributed by atoms with Crippen LogP contribution in [-0.2, 0) is 11.3 Å². The van der Waals surface area contributed by atoms with E-state index in [9.17, 15) is 9.59 Å². The Labute approximate surface area is 169 Å². The minimum Gasteiger partial charge on any atom is -0.315 e. The fraction of sp³-hybridized carbons (Fsp3) is 0.450. The number of fused-ring (bicyclic) bond motifs is 3. The summed E-state index contributed by atoms with van der Waals surface area (Å²) >= 11 is 6.07. The van der Waals surface area contributed by atoms with Gasteiger partial charge in [-0.05, 0) is 38.0 Å². The predicted octanol–water partition coefficient (Wildman–Crippen LogP) is 3.08. The van der Waals surface area contributed by atoms with Gasteiger partial charge in [0, 0.05) is 30.0 Å². The third-order valence-electron chi connectivity index (χ3n) is 5.68. The molecular formula is C20H24ClN5O2. The Bertz CT molecular complexity index is 912. The van der Waals surface area contributed by atoms with Crippen LogP contribution in [0, 0.1) is 0 Å². The monoisotopic (exact) mass is 401 g/mol. The van der Waals surface area contributed by atoms with Gasteiger partial charge in [-0.3, -0.25) is 14.6 Å². The number of hydrogen-bond donors (Lipinski definition) is 0. The molecule has 0 aromatic heterocycles. The number of guanidine groups is 1. The number of imide groups is 1. The molecule has 0 spiro atoms. The fourth-order valence-corrected chi connectivity index (χ4v) is 4.35. The van der Waals surface area contributed by atoms with E-state index in [2.05, 4.69) is 11.8 Å². The Morgan fingerprint density at radius 1 is 1.14 bits per heavy atom. The number of carbonyl (C=O) groups is 2. The van der Waals surface area contributed by atoms with Crippen LogP contribution in [0.25, 0.3) is 0 Å². The lowest BCUT2D eigenvalue weighted by Crippen LogP contribution is -2.64. The van der Waals surface area contributed by atoms with Gasteiger partial charge in [0.1, 0.15) is 0 Å². The maximum Gasteiger partial charge on any atom is 0.328 e. The van der Waals surface area contributed by atoms with Gasteiger partial charge in [0.25, 0.3) is 5.91 Å². The number of carbonyl (C=O) groups excluding carboxylic acids is 2. The number of amides is 3. The Kier molecular flexibility index (Phi) is 4.57. The van der Waals surface area contributed by atoms with Crippen LogP contribution in [0.5, 0.6) is 0 Å². The summed E-state index contributed by atoms with van der Waals surface area (Å²) < 4.78 is 0. The largest absolute Gasteiger partial charge is 0.328 e. The summed E-state index contributed by atoms with van der Waals surface area (Å²) in [5.41, 5.74) is 2.93. The molecule has 0 bridgehead atoms. The summed E-state index contributed by atoms with van der Waals surface area (Å²) in [6, 6.07) is 6.36. The van der Waals surface area contributed by atoms with E-state index in [1.165, 1.54) is 4.90 Å². The van der Waals surface area contributed by atoms with Crippen molar-refractivity contribution < 1.29 is 9.59 Å². The summed E-state index contributed by atoms with van der Waals surface area (Å²) in [6.45, 7) is 7.19. The van der Waals surface area contributed by atoms with Crippen LogP contribution in [0.15, 0.2) is 40.7 Å². The van der Waals surface area contributed by atoms with E-state index in [1.54, 1.807) is 24.1 Å². The van der Waals surface area contributed by atoms with Crippen LogP contribution in [0.2, 0.25) is 5.02 Å². The van der Waals surface area contributed by atoms with Crippen molar-refractivity contribution in [3.05, 3.63) is 46.2 Å². The first-order valence-corrected chi connectivity index (χ1v) is 9.87. The maximum absolute atomic E-state index is 13.4. The number of allylic oxidation sites excluding steroid dienone is 2. The van der Waals surface area contributed by atoms with Crippen molar-refractivity contribution in [2.75, 3.05) is 13.6 Å². The van der Waals surface area contributed by atoms with E-state index in [4.69, 9.17) is 16.6 Å². The predicted molar refractivity (Wildman–Crippen MR) is 107 cm³/mol. The van der Waals surface area contributed by atoms with E-state index in [-0.39, 0.29) is 18.5 Å². The number of aliphatic imine (C=N–C) groups is 1. The Balaban J connectivity index is 1.67. The molecule has 0 N–H and O–H groups in total. The highest BCUT2D eigenvalue weighted by atomic mass is 35.5. The van der Waals surface area contributed by atoms with Gasteiger partial charge in [0.05, 0.1) is 6.54 Å². The molecule has 3 amide bonds. The minimum atomic E-state index is -0.534. The highest BCUT2D eigenvalue weighted by Gasteiger charge is 2.55. The van der Waals surface area contributed by atoms with E-state index in [0.29, 0.717) is 5.02 Å². The van der Waals surface area contributed by atoms with Crippen molar-refractivity contribution >= 4 is 29.5 Å². The molecule has 28 heavy (non-hydrogen) atoms. The third kappa shape index (κ3) is 2.68. The molecule has 8 heteroatoms. The van der Waals surface area contributed by atoms with Crippen molar-refractivity contribution in [2.45, 2.75) is 45.9 Å². The lowest BCUT2D eigenvalue weighted by molar-refractivity contribution is -0.137. The van der Waals surface area contributed by atoms with Crippen molar-refractivity contribution in [1.29, 1.82) is 0 Å². The van der Waals surface area contributed by atoms with Crippen molar-refractivity contribution in [1.82, 2.24) is 19.6 Å². The normalized spacial score (nSPS) is 24.2. The first-order chi connectivity index (χ1) is 13.3. The summed E-state index contributed by atoms with van der Waals surface area (Å²) in [5, 5.41) is 0.580. The second-order valence-electron chi connectivity index (χ2n) is 7.43. The number of halogens is 1. The third-order valence-corrected chi connectivity index (χ3v) is 5.92. The first kappa shape index (κ1) is 18.8. The lowest BCUT2D eigenvalue weighted by atomic mass is 10.1. The van der Waals surface area contributed by atoms with Gasteiger partial charge in [0.2, 0.25) is 5.96 Å². The molecule has 3 aliphatic rings. The van der Waals surface area contributed by atoms with Crippen LogP contribution < -0.4 is 0 Å². The molecule has 1 aromatic carbocycles. The molecule has 0 saturated carbocycles. The van der Waals surface area contributed by atoms with E-state index in [1.807, 2.05) is 30.9 Å². The summed E-state index contributed by atoms with van der Waals surface area (Å²) in [6.07, 6.45) is 0.462. The molecule has 1 aromatic rings. The van der Waals surface area contributed by atoms with Crippen LogP contribution >= 0.6 is 11.6 Å². The Hall–Kier alpha value is -2.54. The van der Waals surface area contributed by atoms with Crippen molar-refractivity contribution in [3.8, 4) is 0 Å². The first-order valence-electron chi connectivity index (χ1n) is 9.49. The highest BCUT2D eigenvalue weighted by Crippen LogP contribution is 2.38. The topological polar surface area (TPSA) is 59.5 Å². The molecule has 2 unspecified atom stereocenters. The van der Waals surface area contributed by atoms with E-state index < -0.39 is 12.2 Å². The molecule has 7 nitrogen and oxygen atoms in total. The second-order valence-corrected chi connectivity index (χ2v) is 7.86. The second kappa shape index (κ2) is 6.81. The standard InChI is InChI=1S/C20H24ClN5O2/c1-5-9-24-12(2)13(3)26-16-17(22-19(24)26)23(4)20(28)25(18(16)27)11-14-7-6-8-15(21)10-14/h6-8,10,16-17H,5,9,11H2,1-4H3. The molecule has 1 fully saturated rings. The number of benzene rings is 1. The van der Waals surface area contributed by atoms with Gasteiger partial charge in [-0.2, -0.15) is 0 Å². The number of nitrogens with zero attached hydrogens (tertiary/aromatic N) is 5. The number of likely N-dealkylation sites (N-methyl/N-ethyl adjacent to an activating group) is 1.